The van der Waals surface area contributed by atoms with Crippen molar-refractivity contribution in [2.75, 3.05) is 46.3 Å². The Bertz CT molecular complexity index is 187. The zero-order valence-corrected chi connectivity index (χ0v) is 10.8. The van der Waals surface area contributed by atoms with Gasteiger partial charge in [-0.15, -0.1) is 0 Å². The minimum Gasteiger partial charge on any atom is -0.314 e. The highest BCUT2D eigenvalue weighted by Crippen LogP contribution is 2.00. The molecule has 5 N–H and O–H groups in total. The maximum atomic E-state index is 9.51. The molecule has 1 atom stereocenters. The highest BCUT2D eigenvalue weighted by molar-refractivity contribution is 4.59. The molecule has 0 rings (SSSR count). The predicted octanol–water partition coefficient (Wildman–Crippen LogP) is -0.594. The molecule has 9 heteroatoms. The van der Waals surface area contributed by atoms with Crippen LogP contribution in [0, 0.1) is 5.92 Å². The van der Waals surface area contributed by atoms with Crippen LogP contribution < -0.4 is 0 Å². The van der Waals surface area contributed by atoms with E-state index in [1.165, 1.54) is 7.05 Å². The van der Waals surface area contributed by atoms with Crippen LogP contribution in [0.25, 0.3) is 0 Å². The van der Waals surface area contributed by atoms with Gasteiger partial charge in [-0.3, -0.25) is 10.4 Å². The summed E-state index contributed by atoms with van der Waals surface area (Å²) in [6.45, 7) is 3.07. The van der Waals surface area contributed by atoms with Crippen LogP contribution in [0.4, 0.5) is 0 Å². The molecule has 0 spiro atoms. The van der Waals surface area contributed by atoms with Crippen LogP contribution in [0.5, 0.6) is 0 Å². The van der Waals surface area contributed by atoms with Crippen molar-refractivity contribution in [3.8, 4) is 0 Å². The van der Waals surface area contributed by atoms with Crippen LogP contribution in [-0.2, 0) is 0 Å². The van der Waals surface area contributed by atoms with Gasteiger partial charge in [-0.1, -0.05) is 12.2 Å². The summed E-state index contributed by atoms with van der Waals surface area (Å²) in [4.78, 5) is 0. The van der Waals surface area contributed by atoms with Gasteiger partial charge < -0.3 is 15.6 Å². The lowest BCUT2D eigenvalue weighted by atomic mass is 10.2. The van der Waals surface area contributed by atoms with Gasteiger partial charge in [-0.25, -0.2) is 0 Å². The molecule has 110 valence electrons. The van der Waals surface area contributed by atoms with Gasteiger partial charge >= 0.3 is 0 Å². The Morgan fingerprint density at radius 1 is 0.778 bits per heavy atom. The van der Waals surface area contributed by atoms with Crippen molar-refractivity contribution in [1.82, 2.24) is 20.4 Å². The number of hydroxylamine groups is 8. The Balaban J connectivity index is 3.71. The van der Waals surface area contributed by atoms with Crippen molar-refractivity contribution < 1.29 is 26.0 Å². The molecule has 0 aromatic carbocycles. The molecule has 18 heavy (non-hydrogen) atoms. The summed E-state index contributed by atoms with van der Waals surface area (Å²) in [5, 5.41) is 47.8. The minimum absolute atomic E-state index is 0.00329. The first-order chi connectivity index (χ1) is 8.31. The molecule has 0 fully saturated rings. The van der Waals surface area contributed by atoms with Crippen molar-refractivity contribution in [3.05, 3.63) is 0 Å². The predicted molar refractivity (Wildman–Crippen MR) is 60.6 cm³/mol. The average Bonchev–Trinajstić information content (AvgIpc) is 2.23. The van der Waals surface area contributed by atoms with E-state index >= 15 is 0 Å². The first kappa shape index (κ1) is 17.6. The van der Waals surface area contributed by atoms with Crippen LogP contribution in [0.15, 0.2) is 0 Å². The topological polar surface area (TPSA) is 114 Å². The molecule has 0 aromatic heterocycles. The maximum absolute atomic E-state index is 9.51. The molecule has 1 unspecified atom stereocenters. The highest BCUT2D eigenvalue weighted by atomic mass is 16.8. The van der Waals surface area contributed by atoms with E-state index in [1.54, 1.807) is 0 Å². The third-order valence-electron chi connectivity index (χ3n) is 2.28. The molecule has 0 bridgehead atoms. The quantitative estimate of drug-likeness (QED) is 0.331. The van der Waals surface area contributed by atoms with E-state index in [9.17, 15) is 10.4 Å². The number of hydrogen-bond donors (Lipinski definition) is 5. The number of hydrogen-bond acceptors (Lipinski definition) is 9. The van der Waals surface area contributed by atoms with E-state index in [4.69, 9.17) is 15.6 Å². The Labute approximate surface area is 106 Å². The Morgan fingerprint density at radius 3 is 1.61 bits per heavy atom. The van der Waals surface area contributed by atoms with E-state index in [2.05, 4.69) is 0 Å². The average molecular weight is 268 g/mol. The molecule has 0 saturated heterocycles. The van der Waals surface area contributed by atoms with Crippen LogP contribution >= 0.6 is 0 Å². The zero-order chi connectivity index (χ0) is 14.1. The highest BCUT2D eigenvalue weighted by Gasteiger charge is 2.12. The van der Waals surface area contributed by atoms with Gasteiger partial charge in [0.05, 0.1) is 6.54 Å². The molecular formula is C9H24N4O5. The summed E-state index contributed by atoms with van der Waals surface area (Å²) >= 11 is 0. The van der Waals surface area contributed by atoms with E-state index < -0.39 is 0 Å². The molecule has 0 radical (unpaired) electrons. The van der Waals surface area contributed by atoms with Crippen LogP contribution in [0.3, 0.4) is 0 Å². The van der Waals surface area contributed by atoms with Crippen LogP contribution in [0.1, 0.15) is 6.92 Å². The molecule has 0 aliphatic carbocycles. The fourth-order valence-electron chi connectivity index (χ4n) is 1.42. The number of rotatable bonds is 10. The lowest BCUT2D eigenvalue weighted by Crippen LogP contribution is -2.38. The third-order valence-corrected chi connectivity index (χ3v) is 2.28. The largest absolute Gasteiger partial charge is 0.314 e. The Morgan fingerprint density at radius 2 is 1.22 bits per heavy atom. The molecule has 9 nitrogen and oxygen atoms in total. The summed E-state index contributed by atoms with van der Waals surface area (Å²) < 4.78 is 0. The van der Waals surface area contributed by atoms with Crippen molar-refractivity contribution in [3.63, 3.8) is 0 Å². The summed E-state index contributed by atoms with van der Waals surface area (Å²) in [5.41, 5.74) is 0. The monoisotopic (exact) mass is 268 g/mol. The van der Waals surface area contributed by atoms with Gasteiger partial charge in [-0.05, 0) is 5.92 Å². The van der Waals surface area contributed by atoms with Gasteiger partial charge in [0.25, 0.3) is 0 Å². The van der Waals surface area contributed by atoms with Crippen molar-refractivity contribution in [2.24, 2.45) is 5.92 Å². The third kappa shape index (κ3) is 10.8. The lowest BCUT2D eigenvalue weighted by molar-refractivity contribution is -0.312. The fraction of sp³-hybridized carbons (Fsp3) is 1.00. The standard InChI is InChI=1S/C9H24N4O5/c1-9(7-11(15)4-3-10(2)14)8-12(16)5-6-13(17)18/h9,14-18H,3-8H2,1-2H3. The van der Waals surface area contributed by atoms with Crippen molar-refractivity contribution >= 4 is 0 Å². The summed E-state index contributed by atoms with van der Waals surface area (Å²) in [7, 11) is 1.49. The molecule has 0 amide bonds. The zero-order valence-electron chi connectivity index (χ0n) is 10.8. The fourth-order valence-corrected chi connectivity index (χ4v) is 1.42. The van der Waals surface area contributed by atoms with Gasteiger partial charge in [-0.2, -0.15) is 15.2 Å². The second kappa shape index (κ2) is 9.55. The Kier molecular flexibility index (Phi) is 9.36. The van der Waals surface area contributed by atoms with Crippen molar-refractivity contribution in [1.29, 1.82) is 0 Å². The van der Waals surface area contributed by atoms with Gasteiger partial charge in [0.15, 0.2) is 0 Å². The normalized spacial score (nSPS) is 14.2. The first-order valence-electron chi connectivity index (χ1n) is 5.74. The summed E-state index contributed by atoms with van der Waals surface area (Å²) in [6, 6.07) is 0. The van der Waals surface area contributed by atoms with E-state index in [1.807, 2.05) is 6.92 Å². The van der Waals surface area contributed by atoms with E-state index in [-0.39, 0.29) is 24.2 Å². The van der Waals surface area contributed by atoms with Crippen LogP contribution in [-0.4, -0.2) is 92.8 Å². The smallest absolute Gasteiger partial charge is 0.0663 e. The first-order valence-corrected chi connectivity index (χ1v) is 5.74. The van der Waals surface area contributed by atoms with Crippen LogP contribution in [0.2, 0.25) is 0 Å². The number of nitrogens with zero attached hydrogens (tertiary/aromatic N) is 4. The van der Waals surface area contributed by atoms with E-state index in [0.29, 0.717) is 26.2 Å². The Hall–Kier alpha value is -0.360. The molecule has 0 aromatic rings. The lowest BCUT2D eigenvalue weighted by Gasteiger charge is -2.24. The second-order valence-corrected chi connectivity index (χ2v) is 4.41. The molecule has 0 aliphatic heterocycles. The molecule has 0 saturated carbocycles. The molecular weight excluding hydrogens is 244 g/mol. The molecule has 0 aliphatic rings. The second-order valence-electron chi connectivity index (χ2n) is 4.41. The van der Waals surface area contributed by atoms with Gasteiger partial charge in [0.2, 0.25) is 0 Å². The maximum Gasteiger partial charge on any atom is 0.0663 e. The summed E-state index contributed by atoms with van der Waals surface area (Å²) in [6.07, 6.45) is 0. The number of likely N-dealkylation sites (N-methyl/N-ethyl adjacent to an activating group) is 1. The van der Waals surface area contributed by atoms with Crippen molar-refractivity contribution in [2.45, 2.75) is 6.92 Å². The SMILES string of the molecule is CC(CN(O)CCN(C)O)CN(O)CCN(O)O. The van der Waals surface area contributed by atoms with E-state index in [0.717, 1.165) is 15.2 Å². The van der Waals surface area contributed by atoms with Gasteiger partial charge in [0, 0.05) is 39.8 Å². The van der Waals surface area contributed by atoms with Gasteiger partial charge in [0.1, 0.15) is 0 Å². The molecule has 0 heterocycles. The minimum atomic E-state index is -0.0959. The summed E-state index contributed by atoms with van der Waals surface area (Å²) in [5.74, 6) is -0.0187.